The number of nitrogens with zero attached hydrogens (tertiary/aromatic N) is 3. The number of ether oxygens (including phenoxy) is 1. The molecule has 1 saturated heterocycles. The summed E-state index contributed by atoms with van der Waals surface area (Å²) in [4.78, 5) is 26.6. The number of hydroxylamine groups is 1. The summed E-state index contributed by atoms with van der Waals surface area (Å²) in [7, 11) is 1.52. The fraction of sp³-hybridized carbons (Fsp3) is 0.214. The van der Waals surface area contributed by atoms with Gasteiger partial charge < -0.3 is 25.6 Å². The molecule has 11 nitrogen and oxygen atoms in total. The molecule has 3 aromatic rings. The van der Waals surface area contributed by atoms with Crippen LogP contribution in [0.3, 0.4) is 0 Å². The molecule has 12 heteroatoms. The Morgan fingerprint density at radius 1 is 1.23 bits per heavy atom. The number of phenols is 1. The van der Waals surface area contributed by atoms with Crippen molar-refractivity contribution in [2.45, 2.75) is 18.9 Å². The molecule has 2 heterocycles. The number of aromatic hydroxyl groups is 1. The summed E-state index contributed by atoms with van der Waals surface area (Å²) in [6.07, 6.45) is 4.04. The molecule has 0 atom stereocenters. The Bertz CT molecular complexity index is 1450. The highest BCUT2D eigenvalue weighted by Crippen LogP contribution is 2.42. The molecule has 2 aromatic carbocycles. The number of nitrogens with two attached hydrogens (primary N) is 1. The van der Waals surface area contributed by atoms with E-state index in [0.29, 0.717) is 52.6 Å². The van der Waals surface area contributed by atoms with E-state index in [2.05, 4.69) is 4.90 Å². The van der Waals surface area contributed by atoms with Gasteiger partial charge in [0.2, 0.25) is 0 Å². The maximum absolute atomic E-state index is 14.6. The predicted molar refractivity (Wildman–Crippen MR) is 145 cm³/mol. The molecule has 1 aromatic heterocycles. The van der Waals surface area contributed by atoms with Crippen LogP contribution in [0.5, 0.6) is 11.5 Å². The SMILES string of the molecule is COc1cc(N2CCC(N)CC2)nc(-c2ccc(C#N)c(F)c2)c1-c1ccc(/C=C/C(=O)NO)c(O)c1.O=CO. The molecule has 208 valence electrons. The second-order valence-electron chi connectivity index (χ2n) is 8.73. The van der Waals surface area contributed by atoms with Gasteiger partial charge in [0.15, 0.2) is 0 Å². The van der Waals surface area contributed by atoms with Crippen molar-refractivity contribution in [2.75, 3.05) is 25.1 Å². The summed E-state index contributed by atoms with van der Waals surface area (Å²) in [6, 6.07) is 12.8. The van der Waals surface area contributed by atoms with Crippen LogP contribution in [0.25, 0.3) is 28.5 Å². The Morgan fingerprint density at radius 3 is 2.48 bits per heavy atom. The van der Waals surface area contributed by atoms with Crippen molar-refractivity contribution < 1.29 is 34.1 Å². The normalized spacial score (nSPS) is 13.2. The minimum Gasteiger partial charge on any atom is -0.507 e. The fourth-order valence-corrected chi connectivity index (χ4v) is 4.24. The quantitative estimate of drug-likeness (QED) is 0.132. The summed E-state index contributed by atoms with van der Waals surface area (Å²) >= 11 is 0. The zero-order valence-electron chi connectivity index (χ0n) is 21.5. The smallest absolute Gasteiger partial charge is 0.290 e. The first-order valence-electron chi connectivity index (χ1n) is 12.1. The third-order valence-electron chi connectivity index (χ3n) is 6.26. The van der Waals surface area contributed by atoms with Crippen molar-refractivity contribution in [1.29, 1.82) is 5.26 Å². The van der Waals surface area contributed by atoms with Crippen molar-refractivity contribution in [1.82, 2.24) is 10.5 Å². The number of benzene rings is 2. The monoisotopic (exact) mass is 549 g/mol. The average Bonchev–Trinajstić information content (AvgIpc) is 2.96. The number of rotatable bonds is 6. The maximum atomic E-state index is 14.6. The van der Waals surface area contributed by atoms with Gasteiger partial charge in [0.05, 0.1) is 23.9 Å². The van der Waals surface area contributed by atoms with Crippen molar-refractivity contribution in [3.05, 3.63) is 65.5 Å². The number of carbonyl (C=O) groups is 2. The molecule has 1 fully saturated rings. The van der Waals surface area contributed by atoms with Crippen LogP contribution in [0.15, 0.2) is 48.5 Å². The lowest BCUT2D eigenvalue weighted by molar-refractivity contribution is -0.124. The van der Waals surface area contributed by atoms with Crippen molar-refractivity contribution in [3.8, 4) is 40.0 Å². The summed E-state index contributed by atoms with van der Waals surface area (Å²) in [5.41, 5.74) is 9.71. The minimum atomic E-state index is -0.742. The lowest BCUT2D eigenvalue weighted by Crippen LogP contribution is -2.40. The Labute approximate surface area is 229 Å². The number of hydrogen-bond acceptors (Lipinski definition) is 9. The highest BCUT2D eigenvalue weighted by Gasteiger charge is 2.23. The molecule has 6 N–H and O–H groups in total. The van der Waals surface area contributed by atoms with Gasteiger partial charge in [0, 0.05) is 42.4 Å². The zero-order chi connectivity index (χ0) is 29.2. The first kappa shape index (κ1) is 29.6. The van der Waals surface area contributed by atoms with Crippen LogP contribution in [0.1, 0.15) is 24.0 Å². The summed E-state index contributed by atoms with van der Waals surface area (Å²) in [5, 5.41) is 35.4. The molecule has 1 amide bonds. The lowest BCUT2D eigenvalue weighted by atomic mass is 9.95. The molecular formula is C28H28FN5O6. The predicted octanol–water partition coefficient (Wildman–Crippen LogP) is 3.29. The van der Waals surface area contributed by atoms with Gasteiger partial charge in [-0.15, -0.1) is 0 Å². The number of phenolic OH excluding ortho intramolecular Hbond substituents is 1. The van der Waals surface area contributed by atoms with E-state index in [0.717, 1.165) is 18.9 Å². The highest BCUT2D eigenvalue weighted by molar-refractivity contribution is 5.92. The number of amides is 1. The van der Waals surface area contributed by atoms with Crippen molar-refractivity contribution in [3.63, 3.8) is 0 Å². The third-order valence-corrected chi connectivity index (χ3v) is 6.26. The molecule has 0 saturated carbocycles. The molecule has 1 aliphatic heterocycles. The zero-order valence-corrected chi connectivity index (χ0v) is 21.5. The number of carboxylic acid groups (broad SMARTS) is 1. The van der Waals surface area contributed by atoms with Crippen LogP contribution in [0.2, 0.25) is 0 Å². The van der Waals surface area contributed by atoms with Crippen LogP contribution >= 0.6 is 0 Å². The van der Waals surface area contributed by atoms with E-state index in [-0.39, 0.29) is 23.8 Å². The van der Waals surface area contributed by atoms with Gasteiger partial charge in [0.1, 0.15) is 29.2 Å². The summed E-state index contributed by atoms with van der Waals surface area (Å²) in [5.74, 6) is -0.444. The van der Waals surface area contributed by atoms with Crippen molar-refractivity contribution in [2.24, 2.45) is 5.73 Å². The van der Waals surface area contributed by atoms with E-state index in [4.69, 9.17) is 35.8 Å². The van der Waals surface area contributed by atoms with E-state index in [9.17, 15) is 14.3 Å². The fourth-order valence-electron chi connectivity index (χ4n) is 4.24. The largest absolute Gasteiger partial charge is 0.507 e. The number of carbonyl (C=O) groups excluding carboxylic acids is 1. The molecule has 0 unspecified atom stereocenters. The maximum Gasteiger partial charge on any atom is 0.290 e. The highest BCUT2D eigenvalue weighted by atomic mass is 19.1. The molecule has 4 rings (SSSR count). The van der Waals surface area contributed by atoms with Crippen molar-refractivity contribution >= 4 is 24.3 Å². The molecule has 0 bridgehead atoms. The number of methoxy groups -OCH3 is 1. The van der Waals surface area contributed by atoms with Gasteiger partial charge in [-0.1, -0.05) is 18.2 Å². The van der Waals surface area contributed by atoms with E-state index < -0.39 is 11.7 Å². The second kappa shape index (κ2) is 13.7. The number of nitriles is 1. The van der Waals surface area contributed by atoms with E-state index >= 15 is 0 Å². The Kier molecular flexibility index (Phi) is 10.1. The molecule has 1 aliphatic rings. The molecule has 0 spiro atoms. The van der Waals surface area contributed by atoms with Gasteiger partial charge in [-0.2, -0.15) is 5.26 Å². The average molecular weight is 550 g/mol. The molecule has 0 radical (unpaired) electrons. The molecule has 40 heavy (non-hydrogen) atoms. The van der Waals surface area contributed by atoms with E-state index in [1.54, 1.807) is 24.3 Å². The summed E-state index contributed by atoms with van der Waals surface area (Å²) < 4.78 is 20.4. The van der Waals surface area contributed by atoms with Crippen LogP contribution in [0.4, 0.5) is 10.2 Å². The van der Waals surface area contributed by atoms with Gasteiger partial charge in [-0.05, 0) is 42.7 Å². The number of hydrogen-bond donors (Lipinski definition) is 5. The van der Waals surface area contributed by atoms with Crippen LogP contribution in [-0.2, 0) is 9.59 Å². The van der Waals surface area contributed by atoms with E-state index in [1.807, 2.05) is 6.07 Å². The number of pyridine rings is 1. The Morgan fingerprint density at radius 2 is 1.90 bits per heavy atom. The Hall–Kier alpha value is -4.99. The third kappa shape index (κ3) is 6.90. The summed E-state index contributed by atoms with van der Waals surface area (Å²) in [6.45, 7) is 1.17. The lowest BCUT2D eigenvalue weighted by Gasteiger charge is -2.32. The number of anilines is 1. The van der Waals surface area contributed by atoms with Crippen LogP contribution < -0.4 is 20.9 Å². The first-order chi connectivity index (χ1) is 19.3. The number of piperidine rings is 1. The Balaban J connectivity index is 0.00000141. The van der Waals surface area contributed by atoms with Gasteiger partial charge in [-0.3, -0.25) is 14.8 Å². The standard InChI is InChI=1S/C27H26FN5O4.CH2O2/c1-37-23-14-24(33-10-8-20(30)9-11-33)31-27(18-4-5-19(15-29)21(28)12-18)26(23)17-3-2-16(22(34)13-17)6-7-25(35)32-36;2-1-3/h2-7,12-14,20,34,36H,8-11,30H2,1H3,(H,32,35);1H,(H,2,3)/b7-6+;. The number of halogens is 1. The van der Waals surface area contributed by atoms with Crippen LogP contribution in [-0.4, -0.2) is 59.0 Å². The van der Waals surface area contributed by atoms with E-state index in [1.165, 1.54) is 36.9 Å². The van der Waals surface area contributed by atoms with Crippen LogP contribution in [0, 0.1) is 17.1 Å². The number of aromatic nitrogens is 1. The van der Waals surface area contributed by atoms with Gasteiger partial charge in [-0.25, -0.2) is 14.9 Å². The molecular weight excluding hydrogens is 521 g/mol. The second-order valence-corrected chi connectivity index (χ2v) is 8.73. The minimum absolute atomic E-state index is 0.0841. The number of nitrogens with one attached hydrogen (secondary N) is 1. The molecule has 0 aliphatic carbocycles. The topological polar surface area (TPSA) is 182 Å². The van der Waals surface area contributed by atoms with Gasteiger partial charge >= 0.3 is 0 Å². The van der Waals surface area contributed by atoms with Gasteiger partial charge in [0.25, 0.3) is 12.4 Å². The first-order valence-corrected chi connectivity index (χ1v) is 12.1.